The number of hydrogen-bond donors (Lipinski definition) is 2. The molecule has 0 aliphatic heterocycles. The van der Waals surface area contributed by atoms with E-state index >= 15 is 0 Å². The average molecular weight is 339 g/mol. The van der Waals surface area contributed by atoms with Crippen molar-refractivity contribution in [1.29, 1.82) is 0 Å². The van der Waals surface area contributed by atoms with Crippen LogP contribution in [-0.4, -0.2) is 24.3 Å². The first-order valence-corrected chi connectivity index (χ1v) is 8.61. The van der Waals surface area contributed by atoms with Gasteiger partial charge in [-0.15, -0.1) is 0 Å². The fraction of sp³-hybridized carbons (Fsp3) is 0.611. The Morgan fingerprint density at radius 3 is 2.65 bits per heavy atom. The van der Waals surface area contributed by atoms with Crippen molar-refractivity contribution in [2.45, 2.75) is 58.2 Å². The molecule has 0 saturated heterocycles. The van der Waals surface area contributed by atoms with E-state index in [0.717, 1.165) is 10.6 Å². The monoisotopic (exact) mass is 338 g/mol. The molecule has 0 heterocycles. The second kappa shape index (κ2) is 7.54. The summed E-state index contributed by atoms with van der Waals surface area (Å²) < 4.78 is 5.30. The number of ether oxygens (including phenoxy) is 1. The lowest BCUT2D eigenvalue weighted by molar-refractivity contribution is 0.0520. The van der Waals surface area contributed by atoms with Gasteiger partial charge in [-0.05, 0) is 64.2 Å². The van der Waals surface area contributed by atoms with Crippen LogP contribution < -0.4 is 10.6 Å². The Bertz CT molecular complexity index is 538. The first-order chi connectivity index (χ1) is 10.7. The lowest BCUT2D eigenvalue weighted by Gasteiger charge is -2.25. The van der Waals surface area contributed by atoms with Gasteiger partial charge in [0, 0.05) is 23.7 Å². The summed E-state index contributed by atoms with van der Waals surface area (Å²) in [4.78, 5) is 11.8. The number of hydrogen-bond acceptors (Lipinski definition) is 3. The molecule has 0 spiro atoms. The molecule has 0 aromatic heterocycles. The number of carbonyl (C=O) groups excluding carboxylic acids is 1. The van der Waals surface area contributed by atoms with E-state index in [2.05, 4.69) is 23.6 Å². The van der Waals surface area contributed by atoms with Crippen LogP contribution in [-0.2, 0) is 4.74 Å². The van der Waals surface area contributed by atoms with E-state index in [4.69, 9.17) is 16.3 Å². The molecule has 1 amide bonds. The van der Waals surface area contributed by atoms with Gasteiger partial charge in [0.25, 0.3) is 0 Å². The van der Waals surface area contributed by atoms with Crippen molar-refractivity contribution in [3.63, 3.8) is 0 Å². The van der Waals surface area contributed by atoms with Crippen LogP contribution in [0.25, 0.3) is 0 Å². The van der Waals surface area contributed by atoms with Crippen molar-refractivity contribution in [2.24, 2.45) is 5.92 Å². The van der Waals surface area contributed by atoms with Gasteiger partial charge in [0.2, 0.25) is 0 Å². The summed E-state index contributed by atoms with van der Waals surface area (Å²) in [5, 5.41) is 7.23. The van der Waals surface area contributed by atoms with Gasteiger partial charge in [-0.2, -0.15) is 0 Å². The van der Waals surface area contributed by atoms with E-state index in [1.807, 2.05) is 39.0 Å². The first-order valence-electron chi connectivity index (χ1n) is 8.23. The molecular formula is C18H27ClN2O2. The summed E-state index contributed by atoms with van der Waals surface area (Å²) >= 11 is 6.06. The van der Waals surface area contributed by atoms with E-state index in [9.17, 15) is 4.79 Å². The van der Waals surface area contributed by atoms with Crippen LogP contribution in [0.3, 0.4) is 0 Å². The Kier molecular flexibility index (Phi) is 5.93. The van der Waals surface area contributed by atoms with Crippen molar-refractivity contribution in [3.05, 3.63) is 34.9 Å². The molecule has 0 bridgehead atoms. The van der Waals surface area contributed by atoms with Crippen molar-refractivity contribution in [2.75, 3.05) is 6.54 Å². The standard InChI is InChI=1S/C18H27ClN2O2/c1-12(14-6-5-7-15(19)10-14)21-16(13-8-9-13)11-20-17(22)23-18(2,3)4/h5-7,10,12-13,16,21H,8-9,11H2,1-4H3,(H,20,22). The first kappa shape index (κ1) is 18.1. The Hall–Kier alpha value is -1.26. The molecule has 1 aromatic carbocycles. The summed E-state index contributed by atoms with van der Waals surface area (Å²) in [5.41, 5.74) is 0.682. The van der Waals surface area contributed by atoms with Gasteiger partial charge in [0.05, 0.1) is 0 Å². The molecule has 128 valence electrons. The molecule has 23 heavy (non-hydrogen) atoms. The summed E-state index contributed by atoms with van der Waals surface area (Å²) in [6.07, 6.45) is 2.05. The van der Waals surface area contributed by atoms with Gasteiger partial charge in [-0.25, -0.2) is 4.79 Å². The zero-order chi connectivity index (χ0) is 17.0. The predicted molar refractivity (Wildman–Crippen MR) is 93.8 cm³/mol. The third kappa shape index (κ3) is 6.40. The van der Waals surface area contributed by atoms with Crippen molar-refractivity contribution < 1.29 is 9.53 Å². The Balaban J connectivity index is 1.88. The lowest BCUT2D eigenvalue weighted by Crippen LogP contribution is -2.44. The normalized spacial score (nSPS) is 17.4. The molecule has 1 fully saturated rings. The third-order valence-electron chi connectivity index (χ3n) is 3.87. The summed E-state index contributed by atoms with van der Waals surface area (Å²) in [7, 11) is 0. The van der Waals surface area contributed by atoms with Crippen molar-refractivity contribution in [3.8, 4) is 0 Å². The van der Waals surface area contributed by atoms with Crippen LogP contribution in [0.4, 0.5) is 4.79 Å². The van der Waals surface area contributed by atoms with Gasteiger partial charge in [-0.3, -0.25) is 0 Å². The molecular weight excluding hydrogens is 312 g/mol. The van der Waals surface area contributed by atoms with Crippen LogP contribution in [0.5, 0.6) is 0 Å². The quantitative estimate of drug-likeness (QED) is 0.813. The zero-order valence-electron chi connectivity index (χ0n) is 14.4. The van der Waals surface area contributed by atoms with Gasteiger partial charge in [0.1, 0.15) is 5.60 Å². The lowest BCUT2D eigenvalue weighted by atomic mass is 10.1. The van der Waals surface area contributed by atoms with Crippen molar-refractivity contribution in [1.82, 2.24) is 10.6 Å². The SMILES string of the molecule is CC(NC(CNC(=O)OC(C)(C)C)C1CC1)c1cccc(Cl)c1. The largest absolute Gasteiger partial charge is 0.444 e. The third-order valence-corrected chi connectivity index (χ3v) is 4.10. The molecule has 1 aromatic rings. The second-order valence-corrected chi connectivity index (χ2v) is 7.71. The maximum atomic E-state index is 11.8. The highest BCUT2D eigenvalue weighted by atomic mass is 35.5. The molecule has 2 rings (SSSR count). The molecule has 1 saturated carbocycles. The average Bonchev–Trinajstić information content (AvgIpc) is 3.25. The molecule has 2 unspecified atom stereocenters. The van der Waals surface area contributed by atoms with Crippen LogP contribution in [0.2, 0.25) is 5.02 Å². The maximum Gasteiger partial charge on any atom is 0.407 e. The smallest absolute Gasteiger partial charge is 0.407 e. The summed E-state index contributed by atoms with van der Waals surface area (Å²) in [6, 6.07) is 8.30. The Morgan fingerprint density at radius 2 is 2.09 bits per heavy atom. The number of alkyl carbamates (subject to hydrolysis) is 1. The predicted octanol–water partition coefficient (Wildman–Crippen LogP) is 4.29. The van der Waals surface area contributed by atoms with Crippen LogP contribution >= 0.6 is 11.6 Å². The van der Waals surface area contributed by atoms with Gasteiger partial charge in [-0.1, -0.05) is 23.7 Å². The summed E-state index contributed by atoms with van der Waals surface area (Å²) in [6.45, 7) is 8.29. The molecule has 5 heteroatoms. The molecule has 2 atom stereocenters. The van der Waals surface area contributed by atoms with E-state index in [0.29, 0.717) is 12.5 Å². The highest BCUT2D eigenvalue weighted by Gasteiger charge is 2.32. The number of nitrogens with one attached hydrogen (secondary N) is 2. The fourth-order valence-corrected chi connectivity index (χ4v) is 2.76. The minimum atomic E-state index is -0.472. The molecule has 2 N–H and O–H groups in total. The van der Waals surface area contributed by atoms with Gasteiger partial charge < -0.3 is 15.4 Å². The number of carbonyl (C=O) groups is 1. The molecule has 1 aliphatic rings. The van der Waals surface area contributed by atoms with E-state index in [1.165, 1.54) is 12.8 Å². The highest BCUT2D eigenvalue weighted by Crippen LogP contribution is 2.33. The number of amides is 1. The molecule has 1 aliphatic carbocycles. The second-order valence-electron chi connectivity index (χ2n) is 7.27. The fourth-order valence-electron chi connectivity index (χ4n) is 2.56. The van der Waals surface area contributed by atoms with E-state index < -0.39 is 5.60 Å². The molecule has 4 nitrogen and oxygen atoms in total. The van der Waals surface area contributed by atoms with Crippen LogP contribution in [0.15, 0.2) is 24.3 Å². The topological polar surface area (TPSA) is 50.4 Å². The number of halogens is 1. The van der Waals surface area contributed by atoms with Gasteiger partial charge in [0.15, 0.2) is 0 Å². The van der Waals surface area contributed by atoms with Crippen molar-refractivity contribution >= 4 is 17.7 Å². The zero-order valence-corrected chi connectivity index (χ0v) is 15.1. The van der Waals surface area contributed by atoms with Crippen LogP contribution in [0.1, 0.15) is 52.1 Å². The minimum absolute atomic E-state index is 0.180. The highest BCUT2D eigenvalue weighted by molar-refractivity contribution is 6.30. The minimum Gasteiger partial charge on any atom is -0.444 e. The number of rotatable bonds is 6. The number of benzene rings is 1. The van der Waals surface area contributed by atoms with Crippen LogP contribution in [0, 0.1) is 5.92 Å². The Labute approximate surface area is 143 Å². The Morgan fingerprint density at radius 1 is 1.39 bits per heavy atom. The van der Waals surface area contributed by atoms with E-state index in [-0.39, 0.29) is 18.2 Å². The maximum absolute atomic E-state index is 11.8. The van der Waals surface area contributed by atoms with E-state index in [1.54, 1.807) is 0 Å². The summed E-state index contributed by atoms with van der Waals surface area (Å²) in [5.74, 6) is 0.617. The van der Waals surface area contributed by atoms with Gasteiger partial charge >= 0.3 is 6.09 Å². The molecule has 0 radical (unpaired) electrons.